The van der Waals surface area contributed by atoms with Crippen molar-refractivity contribution < 1.29 is 4.74 Å². The molecule has 1 atom stereocenters. The summed E-state index contributed by atoms with van der Waals surface area (Å²) in [6, 6.07) is 11.0. The molecule has 1 fully saturated rings. The Balaban J connectivity index is 1.70. The molecule has 3 rings (SSSR count). The van der Waals surface area contributed by atoms with E-state index in [0.29, 0.717) is 6.04 Å². The molecule has 2 aliphatic rings. The molecule has 0 aromatic heterocycles. The highest BCUT2D eigenvalue weighted by atomic mass is 16.5. The van der Waals surface area contributed by atoms with Crippen molar-refractivity contribution in [2.24, 2.45) is 4.99 Å². The van der Waals surface area contributed by atoms with Gasteiger partial charge in [-0.1, -0.05) is 30.3 Å². The molecule has 1 aromatic rings. The molecule has 0 amide bonds. The maximum atomic E-state index is 5.23. The lowest BCUT2D eigenvalue weighted by Crippen LogP contribution is -2.50. The number of hydrogen-bond donors (Lipinski definition) is 1. The molecule has 1 N–H and O–H groups in total. The van der Waals surface area contributed by atoms with Gasteiger partial charge in [0.25, 0.3) is 0 Å². The molecule has 5 nitrogen and oxygen atoms in total. The van der Waals surface area contributed by atoms with Crippen LogP contribution in [-0.4, -0.2) is 68.2 Å². The first-order chi connectivity index (χ1) is 10.9. The van der Waals surface area contributed by atoms with Gasteiger partial charge < -0.3 is 19.9 Å². The number of methoxy groups -OCH3 is 1. The van der Waals surface area contributed by atoms with E-state index in [1.165, 1.54) is 11.5 Å². The second-order valence-corrected chi connectivity index (χ2v) is 5.97. The van der Waals surface area contributed by atoms with Gasteiger partial charge in [0.2, 0.25) is 0 Å². The monoisotopic (exact) mass is 302 g/mol. The maximum Gasteiger partial charge on any atom is 0.197 e. The van der Waals surface area contributed by atoms with Crippen molar-refractivity contribution in [3.8, 4) is 0 Å². The van der Waals surface area contributed by atoms with Crippen LogP contribution in [0.4, 0.5) is 0 Å². The molecule has 22 heavy (non-hydrogen) atoms. The van der Waals surface area contributed by atoms with Gasteiger partial charge in [0.15, 0.2) is 5.96 Å². The van der Waals surface area contributed by atoms with Crippen molar-refractivity contribution in [3.05, 3.63) is 35.9 Å². The minimum absolute atomic E-state index is 0.355. The topological polar surface area (TPSA) is 40.1 Å². The average molecular weight is 302 g/mol. The van der Waals surface area contributed by atoms with E-state index in [1.54, 1.807) is 7.11 Å². The number of aliphatic imine (C=N–C) groups is 1. The van der Waals surface area contributed by atoms with E-state index in [9.17, 15) is 0 Å². The third-order valence-corrected chi connectivity index (χ3v) is 4.28. The number of nitrogens with one attached hydrogen (secondary N) is 1. The first-order valence-electron chi connectivity index (χ1n) is 8.18. The molecule has 5 heteroatoms. The molecule has 0 radical (unpaired) electrons. The van der Waals surface area contributed by atoms with Crippen LogP contribution in [0.1, 0.15) is 12.0 Å². The lowest BCUT2D eigenvalue weighted by Gasteiger charge is -2.33. The Kier molecular flexibility index (Phi) is 5.29. The van der Waals surface area contributed by atoms with Crippen LogP contribution < -0.4 is 5.32 Å². The Bertz CT molecular complexity index is 485. The number of hydrogen-bond acceptors (Lipinski definition) is 5. The van der Waals surface area contributed by atoms with Crippen molar-refractivity contribution in [2.75, 3.05) is 46.4 Å². The van der Waals surface area contributed by atoms with Crippen LogP contribution in [0.2, 0.25) is 0 Å². The number of rotatable bonds is 5. The predicted octanol–water partition coefficient (Wildman–Crippen LogP) is 1.17. The zero-order chi connectivity index (χ0) is 15.2. The van der Waals surface area contributed by atoms with Crippen LogP contribution in [0, 0.1) is 0 Å². The van der Waals surface area contributed by atoms with E-state index in [-0.39, 0.29) is 0 Å². The molecular formula is C17H26N4O. The summed E-state index contributed by atoms with van der Waals surface area (Å²) in [6.07, 6.45) is 0.997. The number of ether oxygens (including phenoxy) is 1. The van der Waals surface area contributed by atoms with Gasteiger partial charge in [-0.2, -0.15) is 0 Å². The predicted molar refractivity (Wildman–Crippen MR) is 89.0 cm³/mol. The molecule has 1 saturated heterocycles. The molecule has 0 saturated carbocycles. The second kappa shape index (κ2) is 7.61. The lowest BCUT2D eigenvalue weighted by atomic mass is 10.2. The van der Waals surface area contributed by atoms with Crippen molar-refractivity contribution in [2.45, 2.75) is 19.0 Å². The summed E-state index contributed by atoms with van der Waals surface area (Å²) < 4.78 is 5.23. The summed E-state index contributed by atoms with van der Waals surface area (Å²) in [4.78, 5) is 9.84. The first kappa shape index (κ1) is 15.3. The number of piperazine rings is 1. The molecule has 2 aliphatic heterocycles. The largest absolute Gasteiger partial charge is 0.385 e. The molecule has 120 valence electrons. The van der Waals surface area contributed by atoms with Gasteiger partial charge in [-0.3, -0.25) is 0 Å². The average Bonchev–Trinajstić information content (AvgIpc) is 2.97. The smallest absolute Gasteiger partial charge is 0.197 e. The van der Waals surface area contributed by atoms with E-state index in [0.717, 1.165) is 52.3 Å². The maximum absolute atomic E-state index is 5.23. The van der Waals surface area contributed by atoms with Crippen LogP contribution in [0.3, 0.4) is 0 Å². The van der Waals surface area contributed by atoms with Crippen LogP contribution in [-0.2, 0) is 11.3 Å². The van der Waals surface area contributed by atoms with Crippen LogP contribution >= 0.6 is 0 Å². The molecule has 1 unspecified atom stereocenters. The summed E-state index contributed by atoms with van der Waals surface area (Å²) in [6.45, 7) is 6.89. The van der Waals surface area contributed by atoms with E-state index >= 15 is 0 Å². The molecule has 2 heterocycles. The first-order valence-corrected chi connectivity index (χ1v) is 8.18. The third kappa shape index (κ3) is 3.78. The van der Waals surface area contributed by atoms with Crippen molar-refractivity contribution in [1.29, 1.82) is 0 Å². The zero-order valence-corrected chi connectivity index (χ0v) is 13.4. The quantitative estimate of drug-likeness (QED) is 0.886. The minimum atomic E-state index is 0.355. The highest BCUT2D eigenvalue weighted by molar-refractivity contribution is 5.82. The van der Waals surface area contributed by atoms with Crippen LogP contribution in [0.15, 0.2) is 35.3 Å². The Morgan fingerprint density at radius 1 is 1.23 bits per heavy atom. The molecule has 0 spiro atoms. The summed E-state index contributed by atoms with van der Waals surface area (Å²) in [5, 5.41) is 3.41. The summed E-state index contributed by atoms with van der Waals surface area (Å²) in [7, 11) is 1.76. The van der Waals surface area contributed by atoms with Gasteiger partial charge >= 0.3 is 0 Å². The van der Waals surface area contributed by atoms with Gasteiger partial charge in [-0.25, -0.2) is 4.99 Å². The van der Waals surface area contributed by atoms with Gasteiger partial charge in [-0.15, -0.1) is 0 Å². The SMILES string of the molecule is COCCC1CN(Cc2ccccc2)C(N2CCNCC2)=N1. The normalized spacial score (nSPS) is 22.0. The molecule has 0 aliphatic carbocycles. The van der Waals surface area contributed by atoms with E-state index in [2.05, 4.69) is 45.4 Å². The third-order valence-electron chi connectivity index (χ3n) is 4.28. The van der Waals surface area contributed by atoms with Crippen LogP contribution in [0.25, 0.3) is 0 Å². The summed E-state index contributed by atoms with van der Waals surface area (Å²) in [5.41, 5.74) is 1.35. The summed E-state index contributed by atoms with van der Waals surface area (Å²) in [5.74, 6) is 1.17. The second-order valence-electron chi connectivity index (χ2n) is 5.97. The fourth-order valence-corrected chi connectivity index (χ4v) is 3.12. The van der Waals surface area contributed by atoms with Gasteiger partial charge in [0.05, 0.1) is 6.04 Å². The fourth-order valence-electron chi connectivity index (χ4n) is 3.12. The Hall–Kier alpha value is -1.59. The van der Waals surface area contributed by atoms with Crippen molar-refractivity contribution in [3.63, 3.8) is 0 Å². The van der Waals surface area contributed by atoms with Gasteiger partial charge in [-0.05, 0) is 12.0 Å². The standard InChI is InChI=1S/C17H26N4O/c1-22-12-7-16-14-21(13-15-5-3-2-4-6-15)17(19-16)20-10-8-18-9-11-20/h2-6,16,18H,7-14H2,1H3. The molecule has 1 aromatic carbocycles. The Labute approximate surface area is 133 Å². The van der Waals surface area contributed by atoms with E-state index < -0.39 is 0 Å². The zero-order valence-electron chi connectivity index (χ0n) is 13.4. The van der Waals surface area contributed by atoms with Crippen molar-refractivity contribution >= 4 is 5.96 Å². The number of guanidine groups is 1. The van der Waals surface area contributed by atoms with Crippen molar-refractivity contribution in [1.82, 2.24) is 15.1 Å². The highest BCUT2D eigenvalue weighted by Crippen LogP contribution is 2.18. The Morgan fingerprint density at radius 3 is 2.73 bits per heavy atom. The number of benzene rings is 1. The van der Waals surface area contributed by atoms with Gasteiger partial charge in [0, 0.05) is 53.0 Å². The number of nitrogens with zero attached hydrogens (tertiary/aromatic N) is 3. The highest BCUT2D eigenvalue weighted by Gasteiger charge is 2.29. The van der Waals surface area contributed by atoms with E-state index in [4.69, 9.17) is 9.73 Å². The van der Waals surface area contributed by atoms with Gasteiger partial charge in [0.1, 0.15) is 0 Å². The summed E-state index contributed by atoms with van der Waals surface area (Å²) >= 11 is 0. The fraction of sp³-hybridized carbons (Fsp3) is 0.588. The Morgan fingerprint density at radius 2 is 2.00 bits per heavy atom. The van der Waals surface area contributed by atoms with Crippen LogP contribution in [0.5, 0.6) is 0 Å². The molecule has 0 bridgehead atoms. The van der Waals surface area contributed by atoms with E-state index in [1.807, 2.05) is 0 Å². The molecular weight excluding hydrogens is 276 g/mol. The minimum Gasteiger partial charge on any atom is -0.385 e. The lowest BCUT2D eigenvalue weighted by molar-refractivity contribution is 0.186.